The number of hydrogen-bond acceptors (Lipinski definition) is 5. The lowest BCUT2D eigenvalue weighted by Gasteiger charge is -2.28. The molecule has 4 aromatic rings. The summed E-state index contributed by atoms with van der Waals surface area (Å²) in [6.07, 6.45) is 3.38. The smallest absolute Gasteiger partial charge is 0.326 e. The molecule has 39 heavy (non-hydrogen) atoms. The van der Waals surface area contributed by atoms with Crippen molar-refractivity contribution < 1.29 is 14.7 Å². The Morgan fingerprint density at radius 3 is 2.15 bits per heavy atom. The van der Waals surface area contributed by atoms with Crippen LogP contribution in [0.4, 0.5) is 5.82 Å². The summed E-state index contributed by atoms with van der Waals surface area (Å²) in [5.74, 6) is -0.589. The zero-order chi connectivity index (χ0) is 27.2. The Kier molecular flexibility index (Phi) is 8.18. The molecule has 0 unspecified atom stereocenters. The molecule has 1 atom stereocenters. The van der Waals surface area contributed by atoms with E-state index in [4.69, 9.17) is 16.6 Å². The first-order valence-corrected chi connectivity index (χ1v) is 13.4. The molecule has 1 aliphatic rings. The molecule has 5 rings (SSSR count). The topological polar surface area (TPSA) is 95.4 Å². The van der Waals surface area contributed by atoms with Gasteiger partial charge in [0, 0.05) is 36.2 Å². The van der Waals surface area contributed by atoms with Crippen molar-refractivity contribution in [1.82, 2.24) is 15.3 Å². The number of piperidine rings is 1. The molecule has 1 aromatic heterocycles. The van der Waals surface area contributed by atoms with Crippen LogP contribution >= 0.6 is 11.6 Å². The number of nitrogens with one attached hydrogen (secondary N) is 1. The number of hydrogen-bond donors (Lipinski definition) is 2. The number of nitrogens with zero attached hydrogens (tertiary/aromatic N) is 3. The molecule has 2 heterocycles. The van der Waals surface area contributed by atoms with E-state index in [1.165, 1.54) is 0 Å². The number of aromatic nitrogens is 2. The molecule has 0 aliphatic carbocycles. The Bertz CT molecular complexity index is 1440. The minimum atomic E-state index is -1.12. The van der Waals surface area contributed by atoms with Gasteiger partial charge in [0.15, 0.2) is 5.82 Å². The number of carboxylic acids is 1. The second-order valence-electron chi connectivity index (χ2n) is 9.62. The lowest BCUT2D eigenvalue weighted by atomic mass is 10.0. The van der Waals surface area contributed by atoms with Crippen LogP contribution < -0.4 is 10.2 Å². The predicted octanol–water partition coefficient (Wildman–Crippen LogP) is 5.88. The van der Waals surface area contributed by atoms with Crippen LogP contribution in [0.5, 0.6) is 0 Å². The molecular formula is C31H29ClN4O3. The summed E-state index contributed by atoms with van der Waals surface area (Å²) in [6.45, 7) is 1.69. The highest BCUT2D eigenvalue weighted by atomic mass is 35.5. The highest BCUT2D eigenvalue weighted by Crippen LogP contribution is 2.26. The van der Waals surface area contributed by atoms with Gasteiger partial charge in [0.25, 0.3) is 5.91 Å². The van der Waals surface area contributed by atoms with Gasteiger partial charge in [-0.15, -0.1) is 0 Å². The Morgan fingerprint density at radius 2 is 1.49 bits per heavy atom. The fourth-order valence-corrected chi connectivity index (χ4v) is 4.82. The maximum Gasteiger partial charge on any atom is 0.326 e. The van der Waals surface area contributed by atoms with Crippen LogP contribution in [0.1, 0.15) is 35.3 Å². The van der Waals surface area contributed by atoms with Gasteiger partial charge in [0.1, 0.15) is 17.6 Å². The molecule has 1 saturated heterocycles. The van der Waals surface area contributed by atoms with Gasteiger partial charge in [0.2, 0.25) is 0 Å². The normalized spacial score (nSPS) is 14.0. The van der Waals surface area contributed by atoms with E-state index >= 15 is 0 Å². The third kappa shape index (κ3) is 6.62. The van der Waals surface area contributed by atoms with E-state index in [0.29, 0.717) is 16.7 Å². The van der Waals surface area contributed by atoms with Gasteiger partial charge in [-0.05, 0) is 48.1 Å². The van der Waals surface area contributed by atoms with Gasteiger partial charge in [-0.2, -0.15) is 0 Å². The number of carbonyl (C=O) groups excluding carboxylic acids is 1. The van der Waals surface area contributed by atoms with Gasteiger partial charge < -0.3 is 15.3 Å². The van der Waals surface area contributed by atoms with Gasteiger partial charge in [-0.3, -0.25) is 4.79 Å². The number of carboxylic acid groups (broad SMARTS) is 1. The molecule has 1 fully saturated rings. The molecule has 1 aliphatic heterocycles. The number of aliphatic carboxylic acids is 1. The zero-order valence-electron chi connectivity index (χ0n) is 21.4. The van der Waals surface area contributed by atoms with E-state index < -0.39 is 17.9 Å². The number of benzene rings is 3. The molecular weight excluding hydrogens is 512 g/mol. The van der Waals surface area contributed by atoms with Crippen molar-refractivity contribution in [2.75, 3.05) is 18.0 Å². The average molecular weight is 541 g/mol. The fourth-order valence-electron chi connectivity index (χ4n) is 4.70. The summed E-state index contributed by atoms with van der Waals surface area (Å²) >= 11 is 5.95. The van der Waals surface area contributed by atoms with Crippen molar-refractivity contribution in [3.63, 3.8) is 0 Å². The van der Waals surface area contributed by atoms with Gasteiger partial charge in [-0.1, -0.05) is 78.3 Å². The second kappa shape index (κ2) is 12.1. The molecule has 0 spiro atoms. The summed E-state index contributed by atoms with van der Waals surface area (Å²) < 4.78 is 0. The second-order valence-corrected chi connectivity index (χ2v) is 10.1. The molecule has 0 saturated carbocycles. The number of amides is 1. The molecule has 0 bridgehead atoms. The van der Waals surface area contributed by atoms with Crippen molar-refractivity contribution in [2.24, 2.45) is 0 Å². The third-order valence-corrected chi connectivity index (χ3v) is 7.08. The SMILES string of the molecule is O=C(N[C@H](Cc1ccc(Cl)cc1)C(=O)O)c1cc(N2CCCCC2)nc(-c2ccc(-c3ccccc3)cc2)n1. The number of anilines is 1. The standard InChI is InChI=1S/C31H29ClN4O3/c32-25-15-9-21(10-16-25)19-27(31(38)39)34-30(37)26-20-28(36-17-5-2-6-18-36)35-29(33-26)24-13-11-23(12-14-24)22-7-3-1-4-8-22/h1,3-4,7-16,20,27H,2,5-6,17-19H2,(H,34,37)(H,38,39)/t27-/m1/s1. The lowest BCUT2D eigenvalue weighted by Crippen LogP contribution is -2.42. The van der Waals surface area contributed by atoms with E-state index in [-0.39, 0.29) is 12.1 Å². The monoisotopic (exact) mass is 540 g/mol. The zero-order valence-corrected chi connectivity index (χ0v) is 22.1. The highest BCUT2D eigenvalue weighted by Gasteiger charge is 2.24. The van der Waals surface area contributed by atoms with Gasteiger partial charge in [-0.25, -0.2) is 14.8 Å². The molecule has 8 heteroatoms. The fraction of sp³-hybridized carbons (Fsp3) is 0.226. The van der Waals surface area contributed by atoms with Crippen molar-refractivity contribution in [1.29, 1.82) is 0 Å². The molecule has 7 nitrogen and oxygen atoms in total. The Balaban J connectivity index is 1.44. The van der Waals surface area contributed by atoms with E-state index in [1.54, 1.807) is 30.3 Å². The Hall–Kier alpha value is -4.23. The Morgan fingerprint density at radius 1 is 0.846 bits per heavy atom. The molecule has 3 aromatic carbocycles. The summed E-state index contributed by atoms with van der Waals surface area (Å²) in [7, 11) is 0. The summed E-state index contributed by atoms with van der Waals surface area (Å²) in [5.41, 5.74) is 3.83. The molecule has 0 radical (unpaired) electrons. The van der Waals surface area contributed by atoms with Crippen molar-refractivity contribution in [3.05, 3.63) is 101 Å². The van der Waals surface area contributed by atoms with E-state index in [0.717, 1.165) is 54.6 Å². The molecule has 2 N–H and O–H groups in total. The van der Waals surface area contributed by atoms with E-state index in [9.17, 15) is 14.7 Å². The minimum Gasteiger partial charge on any atom is -0.480 e. The highest BCUT2D eigenvalue weighted by molar-refractivity contribution is 6.30. The molecule has 198 valence electrons. The average Bonchev–Trinajstić information content (AvgIpc) is 2.98. The van der Waals surface area contributed by atoms with Crippen LogP contribution in [0.15, 0.2) is 84.9 Å². The van der Waals surface area contributed by atoms with Crippen LogP contribution in [0.3, 0.4) is 0 Å². The first-order valence-electron chi connectivity index (χ1n) is 13.0. The summed E-state index contributed by atoms with van der Waals surface area (Å²) in [6, 6.07) is 25.4. The Labute approximate surface area is 232 Å². The van der Waals surface area contributed by atoms with Crippen molar-refractivity contribution >= 4 is 29.3 Å². The van der Waals surface area contributed by atoms with Crippen molar-refractivity contribution in [2.45, 2.75) is 31.7 Å². The lowest BCUT2D eigenvalue weighted by molar-refractivity contribution is -0.139. The summed E-state index contributed by atoms with van der Waals surface area (Å²) in [4.78, 5) is 36.9. The van der Waals surface area contributed by atoms with Gasteiger partial charge >= 0.3 is 5.97 Å². The van der Waals surface area contributed by atoms with E-state index in [1.807, 2.05) is 54.6 Å². The van der Waals surface area contributed by atoms with E-state index in [2.05, 4.69) is 15.2 Å². The summed E-state index contributed by atoms with van der Waals surface area (Å²) in [5, 5.41) is 13.0. The number of rotatable bonds is 8. The maximum atomic E-state index is 13.4. The number of halogens is 1. The minimum absolute atomic E-state index is 0.121. The van der Waals surface area contributed by atoms with Crippen molar-refractivity contribution in [3.8, 4) is 22.5 Å². The van der Waals surface area contributed by atoms with Crippen LogP contribution in [-0.4, -0.2) is 46.1 Å². The third-order valence-electron chi connectivity index (χ3n) is 6.83. The quantitative estimate of drug-likeness (QED) is 0.290. The van der Waals surface area contributed by atoms with Crippen LogP contribution in [0.25, 0.3) is 22.5 Å². The van der Waals surface area contributed by atoms with Crippen LogP contribution in [0.2, 0.25) is 5.02 Å². The first-order chi connectivity index (χ1) is 19.0. The first kappa shape index (κ1) is 26.4. The largest absolute Gasteiger partial charge is 0.480 e. The maximum absolute atomic E-state index is 13.4. The predicted molar refractivity (Wildman–Crippen MR) is 153 cm³/mol. The molecule has 1 amide bonds. The van der Waals surface area contributed by atoms with Crippen LogP contribution in [-0.2, 0) is 11.2 Å². The van der Waals surface area contributed by atoms with Crippen LogP contribution in [0, 0.1) is 0 Å². The number of carbonyl (C=O) groups is 2. The van der Waals surface area contributed by atoms with Gasteiger partial charge in [0.05, 0.1) is 0 Å².